The second-order valence-corrected chi connectivity index (χ2v) is 4.77. The number of benzene rings is 1. The van der Waals surface area contributed by atoms with Crippen LogP contribution in [0.3, 0.4) is 0 Å². The van der Waals surface area contributed by atoms with Gasteiger partial charge in [0.05, 0.1) is 6.61 Å². The van der Waals surface area contributed by atoms with Gasteiger partial charge in [0.25, 0.3) is 0 Å². The molecule has 1 aliphatic carbocycles. The van der Waals surface area contributed by atoms with Crippen molar-refractivity contribution < 1.29 is 9.50 Å². The molecule has 2 rings (SSSR count). The molecule has 1 saturated carbocycles. The van der Waals surface area contributed by atoms with Crippen LogP contribution in [0.2, 0.25) is 0 Å². The van der Waals surface area contributed by atoms with Gasteiger partial charge in [0, 0.05) is 12.0 Å². The van der Waals surface area contributed by atoms with E-state index in [0.29, 0.717) is 24.4 Å². The second kappa shape index (κ2) is 4.52. The Morgan fingerprint density at radius 2 is 2.06 bits per heavy atom. The third-order valence-electron chi connectivity index (χ3n) is 3.67. The normalized spacial score (nSPS) is 19.4. The quantitative estimate of drug-likeness (QED) is 0.798. The third-order valence-corrected chi connectivity index (χ3v) is 3.67. The summed E-state index contributed by atoms with van der Waals surface area (Å²) >= 11 is 0. The molecule has 88 valence electrons. The Labute approximate surface area is 95.3 Å². The topological polar surface area (TPSA) is 46.2 Å². The van der Waals surface area contributed by atoms with Crippen LogP contribution in [0.25, 0.3) is 0 Å². The maximum absolute atomic E-state index is 13.6. The smallest absolute Gasteiger partial charge is 0.126 e. The van der Waals surface area contributed by atoms with Crippen molar-refractivity contribution in [1.29, 1.82) is 0 Å². The van der Waals surface area contributed by atoms with Crippen molar-refractivity contribution in [3.05, 3.63) is 35.6 Å². The number of aliphatic hydroxyl groups excluding tert-OH is 1. The molecule has 0 heterocycles. The zero-order valence-corrected chi connectivity index (χ0v) is 9.32. The maximum atomic E-state index is 13.6. The molecule has 2 nitrogen and oxygen atoms in total. The van der Waals surface area contributed by atoms with Crippen molar-refractivity contribution in [2.75, 3.05) is 13.2 Å². The van der Waals surface area contributed by atoms with E-state index in [-0.39, 0.29) is 17.8 Å². The number of halogens is 1. The summed E-state index contributed by atoms with van der Waals surface area (Å²) in [5, 5.41) is 9.54. The first-order valence-electron chi connectivity index (χ1n) is 5.76. The van der Waals surface area contributed by atoms with Crippen LogP contribution >= 0.6 is 0 Å². The van der Waals surface area contributed by atoms with Gasteiger partial charge in [-0.1, -0.05) is 18.2 Å². The van der Waals surface area contributed by atoms with E-state index in [1.165, 1.54) is 6.07 Å². The van der Waals surface area contributed by atoms with Gasteiger partial charge < -0.3 is 10.8 Å². The Balaban J connectivity index is 2.20. The van der Waals surface area contributed by atoms with Gasteiger partial charge in [-0.05, 0) is 36.8 Å². The molecule has 1 aromatic carbocycles. The number of rotatable bonds is 5. The van der Waals surface area contributed by atoms with E-state index in [2.05, 4.69) is 0 Å². The van der Waals surface area contributed by atoms with Crippen molar-refractivity contribution in [1.82, 2.24) is 0 Å². The molecule has 0 saturated heterocycles. The maximum Gasteiger partial charge on any atom is 0.126 e. The standard InChI is InChI=1S/C13H18FNO/c14-12-4-2-1-3-10(12)7-13(8-15,9-16)11-5-6-11/h1-4,11,16H,5-9,15H2. The zero-order chi connectivity index (χ0) is 11.6. The highest BCUT2D eigenvalue weighted by Crippen LogP contribution is 2.46. The summed E-state index contributed by atoms with van der Waals surface area (Å²) < 4.78 is 13.6. The van der Waals surface area contributed by atoms with Crippen LogP contribution in [-0.2, 0) is 6.42 Å². The van der Waals surface area contributed by atoms with E-state index in [4.69, 9.17) is 5.73 Å². The summed E-state index contributed by atoms with van der Waals surface area (Å²) in [6.45, 7) is 0.463. The fourth-order valence-corrected chi connectivity index (χ4v) is 2.35. The first kappa shape index (κ1) is 11.6. The van der Waals surface area contributed by atoms with Gasteiger partial charge in [-0.25, -0.2) is 4.39 Å². The molecule has 1 atom stereocenters. The Bertz CT molecular complexity index is 359. The van der Waals surface area contributed by atoms with Gasteiger partial charge in [-0.15, -0.1) is 0 Å². The van der Waals surface area contributed by atoms with Crippen LogP contribution < -0.4 is 5.73 Å². The van der Waals surface area contributed by atoms with Gasteiger partial charge in [0.15, 0.2) is 0 Å². The van der Waals surface area contributed by atoms with Gasteiger partial charge in [0.2, 0.25) is 0 Å². The first-order valence-corrected chi connectivity index (χ1v) is 5.76. The van der Waals surface area contributed by atoms with E-state index in [9.17, 15) is 9.50 Å². The predicted octanol–water partition coefficient (Wildman–Crippen LogP) is 1.72. The number of hydrogen-bond donors (Lipinski definition) is 2. The highest BCUT2D eigenvalue weighted by Gasteiger charge is 2.44. The fraction of sp³-hybridized carbons (Fsp3) is 0.538. The highest BCUT2D eigenvalue weighted by atomic mass is 19.1. The highest BCUT2D eigenvalue weighted by molar-refractivity contribution is 5.20. The lowest BCUT2D eigenvalue weighted by atomic mass is 9.77. The Morgan fingerprint density at radius 3 is 2.56 bits per heavy atom. The molecule has 1 unspecified atom stereocenters. The average Bonchev–Trinajstić information content (AvgIpc) is 3.13. The molecular weight excluding hydrogens is 205 g/mol. The lowest BCUT2D eigenvalue weighted by Crippen LogP contribution is -2.38. The molecular formula is C13H18FNO. The van der Waals surface area contributed by atoms with Crippen LogP contribution in [0, 0.1) is 17.2 Å². The lowest BCUT2D eigenvalue weighted by Gasteiger charge is -2.30. The van der Waals surface area contributed by atoms with E-state index in [1.54, 1.807) is 12.1 Å². The average molecular weight is 223 g/mol. The van der Waals surface area contributed by atoms with Gasteiger partial charge in [-0.3, -0.25) is 0 Å². The largest absolute Gasteiger partial charge is 0.396 e. The van der Waals surface area contributed by atoms with Crippen molar-refractivity contribution >= 4 is 0 Å². The molecule has 0 aromatic heterocycles. The number of aliphatic hydroxyl groups is 1. The third kappa shape index (κ3) is 2.11. The summed E-state index contributed by atoms with van der Waals surface area (Å²) in [6, 6.07) is 6.74. The Morgan fingerprint density at radius 1 is 1.38 bits per heavy atom. The molecule has 3 N–H and O–H groups in total. The summed E-state index contributed by atoms with van der Waals surface area (Å²) in [5.74, 6) is 0.261. The Kier molecular flexibility index (Phi) is 3.26. The SMILES string of the molecule is NCC(CO)(Cc1ccccc1F)C1CC1. The molecule has 0 aliphatic heterocycles. The molecule has 0 spiro atoms. The van der Waals surface area contributed by atoms with E-state index in [1.807, 2.05) is 6.07 Å². The van der Waals surface area contributed by atoms with Crippen molar-refractivity contribution in [3.63, 3.8) is 0 Å². The van der Waals surface area contributed by atoms with Crippen LogP contribution in [-0.4, -0.2) is 18.3 Å². The van der Waals surface area contributed by atoms with E-state index < -0.39 is 0 Å². The lowest BCUT2D eigenvalue weighted by molar-refractivity contribution is 0.108. The van der Waals surface area contributed by atoms with Crippen molar-refractivity contribution in [3.8, 4) is 0 Å². The number of hydrogen-bond acceptors (Lipinski definition) is 2. The van der Waals surface area contributed by atoms with Crippen molar-refractivity contribution in [2.24, 2.45) is 17.1 Å². The minimum atomic E-state index is -0.317. The molecule has 1 aliphatic rings. The molecule has 1 aromatic rings. The molecule has 16 heavy (non-hydrogen) atoms. The summed E-state index contributed by atoms with van der Waals surface area (Å²) in [6.07, 6.45) is 2.75. The Hall–Kier alpha value is -0.930. The van der Waals surface area contributed by atoms with Crippen molar-refractivity contribution in [2.45, 2.75) is 19.3 Å². The minimum absolute atomic E-state index is 0.0441. The predicted molar refractivity (Wildman–Crippen MR) is 61.4 cm³/mol. The van der Waals surface area contributed by atoms with Gasteiger partial charge in [-0.2, -0.15) is 0 Å². The molecule has 1 fully saturated rings. The number of nitrogens with two attached hydrogens (primary N) is 1. The van der Waals surface area contributed by atoms with E-state index >= 15 is 0 Å². The minimum Gasteiger partial charge on any atom is -0.396 e. The van der Waals surface area contributed by atoms with Crippen LogP contribution in [0.4, 0.5) is 4.39 Å². The molecule has 3 heteroatoms. The summed E-state index contributed by atoms with van der Waals surface area (Å²) in [4.78, 5) is 0. The van der Waals surface area contributed by atoms with E-state index in [0.717, 1.165) is 12.8 Å². The van der Waals surface area contributed by atoms with Gasteiger partial charge in [0.1, 0.15) is 5.82 Å². The van der Waals surface area contributed by atoms with Gasteiger partial charge >= 0.3 is 0 Å². The second-order valence-electron chi connectivity index (χ2n) is 4.77. The molecule has 0 bridgehead atoms. The molecule has 0 radical (unpaired) electrons. The first-order chi connectivity index (χ1) is 7.72. The van der Waals surface area contributed by atoms with Crippen LogP contribution in [0.5, 0.6) is 0 Å². The zero-order valence-electron chi connectivity index (χ0n) is 9.32. The van der Waals surface area contributed by atoms with Crippen LogP contribution in [0.15, 0.2) is 24.3 Å². The summed E-state index contributed by atoms with van der Waals surface area (Å²) in [5.41, 5.74) is 6.12. The molecule has 0 amide bonds. The monoisotopic (exact) mass is 223 g/mol. The van der Waals surface area contributed by atoms with Crippen LogP contribution in [0.1, 0.15) is 18.4 Å². The summed E-state index contributed by atoms with van der Waals surface area (Å²) in [7, 11) is 0. The fourth-order valence-electron chi connectivity index (χ4n) is 2.35.